The number of carboxylic acid groups (broad SMARTS) is 1. The number of amides is 4. The number of carbonyl (C=O) groups is 5. The summed E-state index contributed by atoms with van der Waals surface area (Å²) in [5.41, 5.74) is 0.478. The van der Waals surface area contributed by atoms with Gasteiger partial charge in [-0.3, -0.25) is 19.2 Å². The Labute approximate surface area is 275 Å². The minimum atomic E-state index is -1.17. The Kier molecular flexibility index (Phi) is 14.4. The molecular formula is C33H46N6O8. The van der Waals surface area contributed by atoms with Crippen LogP contribution in [0.2, 0.25) is 0 Å². The summed E-state index contributed by atoms with van der Waals surface area (Å²) < 4.78 is 11.3. The molecule has 1 aliphatic heterocycles. The van der Waals surface area contributed by atoms with E-state index in [1.807, 2.05) is 33.8 Å². The van der Waals surface area contributed by atoms with Gasteiger partial charge in [-0.05, 0) is 33.1 Å². The van der Waals surface area contributed by atoms with Gasteiger partial charge in [0.05, 0.1) is 6.61 Å². The molecule has 4 amide bonds. The van der Waals surface area contributed by atoms with E-state index in [2.05, 4.69) is 15.3 Å². The van der Waals surface area contributed by atoms with Crippen LogP contribution in [0, 0.1) is 0 Å². The predicted molar refractivity (Wildman–Crippen MR) is 173 cm³/mol. The number of carbonyl (C=O) groups excluding carboxylic acids is 4. The van der Waals surface area contributed by atoms with Crippen LogP contribution < -0.4 is 10.1 Å². The van der Waals surface area contributed by atoms with E-state index in [-0.39, 0.29) is 62.3 Å². The molecule has 2 aromatic rings. The number of hydrogen-bond acceptors (Lipinski definition) is 9. The molecule has 0 bridgehead atoms. The molecular weight excluding hydrogens is 608 g/mol. The van der Waals surface area contributed by atoms with Gasteiger partial charge in [-0.25, -0.2) is 9.78 Å². The van der Waals surface area contributed by atoms with Crippen LogP contribution in [0.15, 0.2) is 36.4 Å². The van der Waals surface area contributed by atoms with Crippen LogP contribution >= 0.6 is 0 Å². The molecule has 0 saturated carbocycles. The lowest BCUT2D eigenvalue weighted by Gasteiger charge is -2.36. The fourth-order valence-corrected chi connectivity index (χ4v) is 4.99. The van der Waals surface area contributed by atoms with Crippen LogP contribution in [0.5, 0.6) is 5.88 Å². The number of aromatic nitrogens is 2. The molecule has 0 spiro atoms. The van der Waals surface area contributed by atoms with E-state index in [1.165, 1.54) is 15.9 Å². The number of ether oxygens (including phenoxy) is 2. The summed E-state index contributed by atoms with van der Waals surface area (Å²) in [6, 6.07) is 9.05. The van der Waals surface area contributed by atoms with Gasteiger partial charge in [0, 0.05) is 57.3 Å². The Morgan fingerprint density at radius 2 is 1.62 bits per heavy atom. The van der Waals surface area contributed by atoms with Gasteiger partial charge in [0.15, 0.2) is 11.9 Å². The van der Waals surface area contributed by atoms with Crippen LogP contribution in [-0.4, -0.2) is 118 Å². The number of benzene rings is 1. The molecule has 2 N–H and O–H groups in total. The summed E-state index contributed by atoms with van der Waals surface area (Å²) in [6.07, 6.45) is 0.200. The molecule has 1 unspecified atom stereocenters. The Morgan fingerprint density at radius 3 is 2.21 bits per heavy atom. The lowest BCUT2D eigenvalue weighted by molar-refractivity contribution is -0.139. The third-order valence-electron chi connectivity index (χ3n) is 7.77. The van der Waals surface area contributed by atoms with Gasteiger partial charge in [0.2, 0.25) is 11.8 Å². The number of likely N-dealkylation sites (N-methyl/N-ethyl adjacent to an activating group) is 1. The Bertz CT molecular complexity index is 1360. The lowest BCUT2D eigenvalue weighted by atomic mass is 10.1. The van der Waals surface area contributed by atoms with Crippen molar-refractivity contribution < 1.29 is 38.6 Å². The first-order chi connectivity index (χ1) is 22.6. The highest BCUT2D eigenvalue weighted by Crippen LogP contribution is 2.21. The van der Waals surface area contributed by atoms with Crippen LogP contribution in [0.4, 0.5) is 4.79 Å². The summed E-state index contributed by atoms with van der Waals surface area (Å²) in [5.74, 6) is -2.36. The average Bonchev–Trinajstić information content (AvgIpc) is 3.09. The number of aliphatic carboxylic acids is 1. The Balaban J connectivity index is 1.83. The molecule has 47 heavy (non-hydrogen) atoms. The maximum absolute atomic E-state index is 13.7. The molecule has 1 aromatic heterocycles. The zero-order valence-electron chi connectivity index (χ0n) is 27.6. The molecule has 3 rings (SSSR count). The molecule has 2 heterocycles. The van der Waals surface area contributed by atoms with Gasteiger partial charge in [0.25, 0.3) is 11.8 Å². The minimum absolute atomic E-state index is 0.00622. The minimum Gasteiger partial charge on any atom is -0.481 e. The zero-order valence-corrected chi connectivity index (χ0v) is 27.6. The predicted octanol–water partition coefficient (Wildman–Crippen LogP) is 3.21. The summed E-state index contributed by atoms with van der Waals surface area (Å²) in [5, 5.41) is 12.0. The van der Waals surface area contributed by atoms with Gasteiger partial charge in [-0.1, -0.05) is 50.6 Å². The van der Waals surface area contributed by atoms with Crippen LogP contribution in [0.3, 0.4) is 0 Å². The average molecular weight is 655 g/mol. The number of piperazine rings is 1. The molecule has 1 fully saturated rings. The van der Waals surface area contributed by atoms with Crippen molar-refractivity contribution in [2.24, 2.45) is 0 Å². The van der Waals surface area contributed by atoms with E-state index in [4.69, 9.17) is 9.47 Å². The summed E-state index contributed by atoms with van der Waals surface area (Å²) >= 11 is 0. The van der Waals surface area contributed by atoms with Crippen molar-refractivity contribution in [3.05, 3.63) is 42.1 Å². The number of carboxylic acids is 1. The van der Waals surface area contributed by atoms with Crippen LogP contribution in [-0.2, 0) is 19.1 Å². The smallest absolute Gasteiger partial charge is 0.409 e. The monoisotopic (exact) mass is 654 g/mol. The van der Waals surface area contributed by atoms with Crippen molar-refractivity contribution in [3.8, 4) is 17.3 Å². The maximum atomic E-state index is 13.7. The normalized spacial score (nSPS) is 14.1. The highest BCUT2D eigenvalue weighted by Gasteiger charge is 2.32. The van der Waals surface area contributed by atoms with Gasteiger partial charge >= 0.3 is 12.1 Å². The molecule has 1 saturated heterocycles. The topological polar surface area (TPSA) is 172 Å². The Hall–Kier alpha value is -4.75. The van der Waals surface area contributed by atoms with E-state index in [9.17, 15) is 29.1 Å². The third-order valence-corrected chi connectivity index (χ3v) is 7.77. The first-order valence-electron chi connectivity index (χ1n) is 16.2. The molecule has 2 atom stereocenters. The van der Waals surface area contributed by atoms with Gasteiger partial charge in [0.1, 0.15) is 11.7 Å². The summed E-state index contributed by atoms with van der Waals surface area (Å²) in [6.45, 7) is 9.78. The van der Waals surface area contributed by atoms with Crippen molar-refractivity contribution in [1.29, 1.82) is 0 Å². The number of nitrogens with zero attached hydrogens (tertiary/aromatic N) is 5. The molecule has 0 aliphatic carbocycles. The van der Waals surface area contributed by atoms with Crippen LogP contribution in [0.25, 0.3) is 11.4 Å². The quantitative estimate of drug-likeness (QED) is 0.256. The van der Waals surface area contributed by atoms with E-state index in [0.717, 1.165) is 12.8 Å². The molecule has 14 heteroatoms. The molecule has 1 aliphatic rings. The van der Waals surface area contributed by atoms with Gasteiger partial charge in [-0.2, -0.15) is 4.98 Å². The van der Waals surface area contributed by atoms with E-state index < -0.39 is 36.0 Å². The highest BCUT2D eigenvalue weighted by atomic mass is 16.6. The van der Waals surface area contributed by atoms with Crippen molar-refractivity contribution in [3.63, 3.8) is 0 Å². The molecule has 256 valence electrons. The molecule has 14 nitrogen and oxygen atoms in total. The second-order valence-electron chi connectivity index (χ2n) is 11.0. The second kappa shape index (κ2) is 18.4. The Morgan fingerprint density at radius 1 is 0.957 bits per heavy atom. The van der Waals surface area contributed by atoms with Crippen molar-refractivity contribution >= 4 is 29.8 Å². The highest BCUT2D eigenvalue weighted by molar-refractivity contribution is 5.97. The summed E-state index contributed by atoms with van der Waals surface area (Å²) in [4.78, 5) is 77.7. The fraction of sp³-hybridized carbons (Fsp3) is 0.545. The number of hydrogen-bond donors (Lipinski definition) is 2. The van der Waals surface area contributed by atoms with Gasteiger partial charge in [-0.15, -0.1) is 0 Å². The largest absolute Gasteiger partial charge is 0.481 e. The number of unbranched alkanes of at least 4 members (excludes halogenated alkanes) is 1. The summed E-state index contributed by atoms with van der Waals surface area (Å²) in [7, 11) is 0. The first kappa shape index (κ1) is 36.7. The number of rotatable bonds is 16. The molecule has 0 radical (unpaired) electrons. The van der Waals surface area contributed by atoms with E-state index in [1.54, 1.807) is 29.2 Å². The van der Waals surface area contributed by atoms with Gasteiger partial charge < -0.3 is 34.6 Å². The SMILES string of the molecule is CCCCOC(=O)N1CCN(C(=O)[C@H](CCC(=O)O)NC(=O)c2cc(OC(CC)C(=O)N(CC)CC)nc(-c3ccccc3)n2)CC1. The lowest BCUT2D eigenvalue weighted by Crippen LogP contribution is -2.56. The van der Waals surface area contributed by atoms with E-state index in [0.29, 0.717) is 31.7 Å². The number of nitrogens with one attached hydrogen (secondary N) is 1. The molecule has 1 aromatic carbocycles. The maximum Gasteiger partial charge on any atom is 0.409 e. The second-order valence-corrected chi connectivity index (χ2v) is 11.0. The first-order valence-corrected chi connectivity index (χ1v) is 16.2. The van der Waals surface area contributed by atoms with Crippen molar-refractivity contribution in [2.75, 3.05) is 45.9 Å². The van der Waals surface area contributed by atoms with Crippen LogP contribution in [0.1, 0.15) is 70.3 Å². The van der Waals surface area contributed by atoms with Crippen molar-refractivity contribution in [1.82, 2.24) is 30.0 Å². The standard InChI is InChI=1S/C33H46N6O8/c1-5-9-21-46-33(45)39-19-17-38(18-20-39)31(43)24(15-16-28(40)41)35-30(42)25-22-27(36-29(34-25)23-13-11-10-12-14-23)47-26(6-2)32(44)37(7-3)8-4/h10-14,22,24,26H,5-9,15-21H2,1-4H3,(H,35,42)(H,40,41)/t24-,26?/m0/s1. The van der Waals surface area contributed by atoms with E-state index >= 15 is 0 Å². The third kappa shape index (κ3) is 10.6. The fourth-order valence-electron chi connectivity index (χ4n) is 4.99. The zero-order chi connectivity index (χ0) is 34.3. The van der Waals surface area contributed by atoms with Crippen molar-refractivity contribution in [2.45, 2.75) is 71.9 Å².